The van der Waals surface area contributed by atoms with E-state index >= 15 is 4.39 Å². The van der Waals surface area contributed by atoms with Crippen LogP contribution >= 0.6 is 0 Å². The van der Waals surface area contributed by atoms with Gasteiger partial charge in [0.2, 0.25) is 11.8 Å². The molecule has 340 valence electrons. The number of ether oxygens (including phenoxy) is 1. The van der Waals surface area contributed by atoms with Crippen molar-refractivity contribution in [2.45, 2.75) is 59.5 Å². The van der Waals surface area contributed by atoms with Gasteiger partial charge in [-0.1, -0.05) is 26.8 Å². The number of pyridine rings is 1. The Morgan fingerprint density at radius 3 is 2.43 bits per heavy atom. The number of piperazine rings is 2. The number of fused-ring (bicyclic) bond motifs is 4. The third-order valence-electron chi connectivity index (χ3n) is 13.8. The van der Waals surface area contributed by atoms with Crippen molar-refractivity contribution in [2.24, 2.45) is 11.3 Å². The molecule has 0 aliphatic carbocycles. The minimum atomic E-state index is -0.361. The number of imide groups is 1. The van der Waals surface area contributed by atoms with Gasteiger partial charge in [0.15, 0.2) is 11.6 Å². The Labute approximate surface area is 378 Å². The second kappa shape index (κ2) is 17.3. The molecule has 5 aromatic rings. The van der Waals surface area contributed by atoms with Crippen LogP contribution in [0.4, 0.5) is 26.4 Å². The summed E-state index contributed by atoms with van der Waals surface area (Å²) in [7, 11) is 0. The van der Waals surface area contributed by atoms with Gasteiger partial charge >= 0.3 is 6.03 Å². The van der Waals surface area contributed by atoms with Crippen molar-refractivity contribution in [1.29, 1.82) is 0 Å². The molecule has 0 unspecified atom stereocenters. The average Bonchev–Trinajstić information content (AvgIpc) is 3.74. The van der Waals surface area contributed by atoms with E-state index < -0.39 is 0 Å². The van der Waals surface area contributed by atoms with Crippen LogP contribution in [0.2, 0.25) is 0 Å². The lowest BCUT2D eigenvalue weighted by atomic mass is 9.95. The summed E-state index contributed by atoms with van der Waals surface area (Å²) in [6, 6.07) is 15.6. The number of rotatable bonds is 9. The maximum Gasteiger partial charge on any atom is 0.328 e. The summed E-state index contributed by atoms with van der Waals surface area (Å²) < 4.78 is 22.7. The van der Waals surface area contributed by atoms with E-state index in [1.807, 2.05) is 41.4 Å². The summed E-state index contributed by atoms with van der Waals surface area (Å²) in [5, 5.41) is 3.10. The molecular weight excluding hydrogens is 826 g/mol. The van der Waals surface area contributed by atoms with Gasteiger partial charge in [0.1, 0.15) is 24.4 Å². The molecule has 5 aliphatic rings. The molecule has 2 N–H and O–H groups in total. The standard InChI is InChI=1S/C49H58FN11O4/c1-31-33(25-59-19-17-57(27-43(59)63)29-49(2,3)4)5-10-38(44(31)50)45-39-22-40(54-46(39)53-30-52-45)34-21-41-47(51-23-34)60-20-18-56(26-37(60)28-65-41)24-32-11-14-58(15-12-32)35-6-8-36(9-7-35)61-16-13-42(62)55-48(61)64/h5-10,21-23,30,32,37H,11-20,24-29H2,1-4H3,(H,52,53,54)(H,55,62,64)/t37-/m1/s1. The minimum absolute atomic E-state index is 0.0702. The first-order valence-electron chi connectivity index (χ1n) is 23.0. The third-order valence-corrected chi connectivity index (χ3v) is 13.8. The maximum absolute atomic E-state index is 16.3. The second-order valence-electron chi connectivity index (χ2n) is 19.6. The normalized spacial score (nSPS) is 20.3. The van der Waals surface area contributed by atoms with Gasteiger partial charge in [0.05, 0.1) is 18.3 Å². The van der Waals surface area contributed by atoms with Gasteiger partial charge in [-0.05, 0) is 84.7 Å². The first kappa shape index (κ1) is 42.8. The number of nitrogens with zero attached hydrogens (tertiary/aromatic N) is 9. The molecule has 1 atom stereocenters. The number of carbonyl (C=O) groups excluding carboxylic acids is 3. The SMILES string of the molecule is Cc1c(CN2CCN(CC(C)(C)C)CC2=O)ccc(-c2ncnc3[nH]c(-c4cnc5c(c4)OC[C@H]4CN(CC6CCN(c7ccc(N8CCC(=O)NC8=O)cc7)CC6)CCN54)cc23)c1F. The van der Waals surface area contributed by atoms with Crippen LogP contribution in [0, 0.1) is 24.1 Å². The van der Waals surface area contributed by atoms with Crippen LogP contribution in [0.3, 0.4) is 0 Å². The predicted octanol–water partition coefficient (Wildman–Crippen LogP) is 6.07. The molecular formula is C49H58FN11O4. The van der Waals surface area contributed by atoms with Crippen LogP contribution in [0.25, 0.3) is 33.5 Å². The van der Waals surface area contributed by atoms with Gasteiger partial charge in [-0.25, -0.2) is 24.1 Å². The zero-order valence-corrected chi connectivity index (χ0v) is 37.8. The summed E-state index contributed by atoms with van der Waals surface area (Å²) in [6.07, 6.45) is 5.88. The highest BCUT2D eigenvalue weighted by molar-refractivity contribution is 6.05. The summed E-state index contributed by atoms with van der Waals surface area (Å²) in [6.45, 7) is 18.1. The Morgan fingerprint density at radius 1 is 0.877 bits per heavy atom. The molecule has 0 spiro atoms. The fourth-order valence-corrected chi connectivity index (χ4v) is 10.3. The summed E-state index contributed by atoms with van der Waals surface area (Å²) >= 11 is 0. The lowest BCUT2D eigenvalue weighted by molar-refractivity contribution is -0.137. The average molecular weight is 884 g/mol. The number of hydrogen-bond donors (Lipinski definition) is 2. The van der Waals surface area contributed by atoms with Crippen molar-refractivity contribution in [3.05, 3.63) is 78.0 Å². The lowest BCUT2D eigenvalue weighted by Gasteiger charge is -2.46. The van der Waals surface area contributed by atoms with E-state index in [1.165, 1.54) is 6.33 Å². The molecule has 4 fully saturated rings. The van der Waals surface area contributed by atoms with E-state index in [1.54, 1.807) is 17.9 Å². The Hall–Kier alpha value is -6.13. The number of amides is 4. The van der Waals surface area contributed by atoms with E-state index in [2.05, 4.69) is 72.8 Å². The highest BCUT2D eigenvalue weighted by atomic mass is 19.1. The smallest absolute Gasteiger partial charge is 0.328 e. The van der Waals surface area contributed by atoms with Gasteiger partial charge in [-0.15, -0.1) is 0 Å². The number of urea groups is 1. The van der Waals surface area contributed by atoms with Crippen molar-refractivity contribution < 1.29 is 23.5 Å². The number of carbonyl (C=O) groups is 3. The van der Waals surface area contributed by atoms with E-state index in [4.69, 9.17) is 9.72 Å². The van der Waals surface area contributed by atoms with Crippen molar-refractivity contribution in [2.75, 3.05) is 93.3 Å². The predicted molar refractivity (Wildman–Crippen MR) is 249 cm³/mol. The van der Waals surface area contributed by atoms with Crippen molar-refractivity contribution in [3.8, 4) is 28.3 Å². The second-order valence-corrected chi connectivity index (χ2v) is 19.6. The van der Waals surface area contributed by atoms with Crippen LogP contribution in [0.1, 0.15) is 51.2 Å². The summed E-state index contributed by atoms with van der Waals surface area (Å²) in [5.74, 6) is 1.72. The molecule has 8 heterocycles. The highest BCUT2D eigenvalue weighted by Crippen LogP contribution is 2.39. The maximum atomic E-state index is 16.3. The molecule has 4 saturated heterocycles. The number of aromatic amines is 1. The first-order chi connectivity index (χ1) is 31.3. The number of nitrogens with one attached hydrogen (secondary N) is 2. The van der Waals surface area contributed by atoms with Gasteiger partial charge in [0.25, 0.3) is 0 Å². The largest absolute Gasteiger partial charge is 0.487 e. The number of hydrogen-bond acceptors (Lipinski definition) is 11. The number of piperidine rings is 1. The first-order valence-corrected chi connectivity index (χ1v) is 23.0. The molecule has 2 aromatic carbocycles. The molecule has 0 radical (unpaired) electrons. The number of anilines is 3. The van der Waals surface area contributed by atoms with Crippen LogP contribution < -0.4 is 24.8 Å². The lowest BCUT2D eigenvalue weighted by Crippen LogP contribution is -2.58. The van der Waals surface area contributed by atoms with Crippen molar-refractivity contribution in [1.82, 2.24) is 40.0 Å². The van der Waals surface area contributed by atoms with E-state index in [-0.39, 0.29) is 35.1 Å². The molecule has 15 nitrogen and oxygen atoms in total. The zero-order chi connectivity index (χ0) is 45.0. The molecule has 5 aliphatic heterocycles. The fourth-order valence-electron chi connectivity index (χ4n) is 10.3. The minimum Gasteiger partial charge on any atom is -0.487 e. The van der Waals surface area contributed by atoms with Gasteiger partial charge in [-0.2, -0.15) is 0 Å². The van der Waals surface area contributed by atoms with Crippen molar-refractivity contribution >= 4 is 46.1 Å². The van der Waals surface area contributed by atoms with Crippen LogP contribution in [0.15, 0.2) is 61.1 Å². The van der Waals surface area contributed by atoms with Gasteiger partial charge < -0.3 is 24.4 Å². The zero-order valence-electron chi connectivity index (χ0n) is 37.8. The number of halogens is 1. The molecule has 65 heavy (non-hydrogen) atoms. The number of aromatic nitrogens is 4. The van der Waals surface area contributed by atoms with Crippen LogP contribution in [-0.2, 0) is 16.1 Å². The Bertz CT molecular complexity index is 2620. The van der Waals surface area contributed by atoms with Crippen LogP contribution in [-0.4, -0.2) is 137 Å². The fraction of sp³-hybridized carbons (Fsp3) is 0.469. The third kappa shape index (κ3) is 8.85. The van der Waals surface area contributed by atoms with Gasteiger partial charge in [-0.3, -0.25) is 29.6 Å². The van der Waals surface area contributed by atoms with E-state index in [0.717, 1.165) is 105 Å². The Balaban J connectivity index is 0.752. The summed E-state index contributed by atoms with van der Waals surface area (Å²) in [4.78, 5) is 67.4. The monoisotopic (exact) mass is 883 g/mol. The quantitative estimate of drug-likeness (QED) is 0.178. The van der Waals surface area contributed by atoms with Crippen molar-refractivity contribution in [3.63, 3.8) is 0 Å². The molecule has 16 heteroatoms. The Morgan fingerprint density at radius 2 is 1.66 bits per heavy atom. The highest BCUT2D eigenvalue weighted by Gasteiger charge is 2.36. The molecule has 4 amide bonds. The number of H-pyrrole nitrogens is 1. The van der Waals surface area contributed by atoms with Crippen LogP contribution in [0.5, 0.6) is 5.75 Å². The molecule has 0 saturated carbocycles. The molecule has 3 aromatic heterocycles. The molecule has 0 bridgehead atoms. The van der Waals surface area contributed by atoms with E-state index in [0.29, 0.717) is 73.0 Å². The Kier molecular flexibility index (Phi) is 11.4. The topological polar surface area (TPSA) is 146 Å². The van der Waals surface area contributed by atoms with Gasteiger partial charge in [0, 0.05) is 118 Å². The number of benzene rings is 2. The van der Waals surface area contributed by atoms with E-state index in [9.17, 15) is 14.4 Å². The summed E-state index contributed by atoms with van der Waals surface area (Å²) in [5.41, 5.74) is 6.51. The molecule has 10 rings (SSSR count).